The minimum absolute atomic E-state index is 0.192. The highest BCUT2D eigenvalue weighted by Crippen LogP contribution is 2.12. The van der Waals surface area contributed by atoms with Gasteiger partial charge in [0.1, 0.15) is 12.9 Å². The second-order valence-electron chi connectivity index (χ2n) is 5.98. The molecule has 2 aromatic carbocycles. The Balaban J connectivity index is 1.52. The Morgan fingerprint density at radius 2 is 1.76 bits per heavy atom. The van der Waals surface area contributed by atoms with E-state index in [4.69, 9.17) is 0 Å². The lowest BCUT2D eigenvalue weighted by Gasteiger charge is -2.08. The van der Waals surface area contributed by atoms with Crippen LogP contribution in [0.3, 0.4) is 0 Å². The van der Waals surface area contributed by atoms with E-state index < -0.39 is 11.9 Å². The van der Waals surface area contributed by atoms with Crippen molar-refractivity contribution in [1.82, 2.24) is 25.5 Å². The Kier molecular flexibility index (Phi) is 6.25. The third-order valence-corrected chi connectivity index (χ3v) is 3.97. The number of rotatable bonds is 7. The lowest BCUT2D eigenvalue weighted by molar-refractivity contribution is -0.139. The first-order chi connectivity index (χ1) is 14.0. The summed E-state index contributed by atoms with van der Waals surface area (Å²) in [6, 6.07) is 13.6. The smallest absolute Gasteiger partial charge is 0.325 e. The van der Waals surface area contributed by atoms with Gasteiger partial charge in [0, 0.05) is 11.3 Å². The maximum absolute atomic E-state index is 12.2. The Morgan fingerprint density at radius 3 is 2.38 bits per heavy atom. The highest BCUT2D eigenvalue weighted by molar-refractivity contribution is 5.97. The molecule has 148 valence electrons. The molecule has 10 heteroatoms. The van der Waals surface area contributed by atoms with Crippen LogP contribution in [-0.2, 0) is 20.7 Å². The Hall–Kier alpha value is -4.08. The summed E-state index contributed by atoms with van der Waals surface area (Å²) in [4.78, 5) is 35.2. The van der Waals surface area contributed by atoms with Gasteiger partial charge in [-0.2, -0.15) is 0 Å². The molecular weight excluding hydrogens is 376 g/mol. The van der Waals surface area contributed by atoms with Crippen molar-refractivity contribution < 1.29 is 19.1 Å². The van der Waals surface area contributed by atoms with Gasteiger partial charge < -0.3 is 15.4 Å². The first-order valence-electron chi connectivity index (χ1n) is 8.62. The van der Waals surface area contributed by atoms with E-state index in [9.17, 15) is 14.4 Å². The molecule has 1 heterocycles. The van der Waals surface area contributed by atoms with Crippen molar-refractivity contribution in [1.29, 1.82) is 0 Å². The van der Waals surface area contributed by atoms with E-state index in [1.54, 1.807) is 24.3 Å². The number of carbonyl (C=O) groups is 3. The SMILES string of the molecule is COC(=O)CNC(=O)c1ccc(NC(=O)Cc2ccc(-n3cnnn3)cc2)cc1. The third kappa shape index (κ3) is 5.45. The molecule has 2 amide bonds. The quantitative estimate of drug-likeness (QED) is 0.566. The molecule has 0 atom stereocenters. The summed E-state index contributed by atoms with van der Waals surface area (Å²) in [7, 11) is 1.24. The van der Waals surface area contributed by atoms with Crippen LogP contribution >= 0.6 is 0 Å². The van der Waals surface area contributed by atoms with Gasteiger partial charge in [0.15, 0.2) is 0 Å². The van der Waals surface area contributed by atoms with Crippen molar-refractivity contribution in [3.05, 3.63) is 66.0 Å². The summed E-state index contributed by atoms with van der Waals surface area (Å²) in [5, 5.41) is 16.2. The van der Waals surface area contributed by atoms with Gasteiger partial charge >= 0.3 is 5.97 Å². The molecule has 0 spiro atoms. The lowest BCUT2D eigenvalue weighted by atomic mass is 10.1. The number of hydrogen-bond donors (Lipinski definition) is 2. The summed E-state index contributed by atoms with van der Waals surface area (Å²) in [5.74, 6) is -1.13. The van der Waals surface area contributed by atoms with Gasteiger partial charge in [0.25, 0.3) is 5.91 Å². The van der Waals surface area contributed by atoms with Crippen LogP contribution in [0, 0.1) is 0 Å². The monoisotopic (exact) mass is 394 g/mol. The number of anilines is 1. The van der Waals surface area contributed by atoms with Crippen molar-refractivity contribution in [2.24, 2.45) is 0 Å². The zero-order valence-electron chi connectivity index (χ0n) is 15.5. The van der Waals surface area contributed by atoms with Crippen LogP contribution in [0.5, 0.6) is 0 Å². The average molecular weight is 394 g/mol. The summed E-state index contributed by atoms with van der Waals surface area (Å²) in [5.41, 5.74) is 2.55. The van der Waals surface area contributed by atoms with Gasteiger partial charge in [-0.1, -0.05) is 12.1 Å². The van der Waals surface area contributed by atoms with Crippen molar-refractivity contribution in [2.75, 3.05) is 19.0 Å². The first kappa shape index (κ1) is 19.7. The number of nitrogens with one attached hydrogen (secondary N) is 2. The molecular formula is C19H18N6O4. The van der Waals surface area contributed by atoms with E-state index >= 15 is 0 Å². The highest BCUT2D eigenvalue weighted by atomic mass is 16.5. The molecule has 1 aromatic heterocycles. The molecule has 0 saturated heterocycles. The van der Waals surface area contributed by atoms with Gasteiger partial charge in [-0.15, -0.1) is 5.10 Å². The fourth-order valence-corrected chi connectivity index (χ4v) is 2.47. The number of tetrazole rings is 1. The first-order valence-corrected chi connectivity index (χ1v) is 8.62. The topological polar surface area (TPSA) is 128 Å². The van der Waals surface area contributed by atoms with Crippen LogP contribution in [0.4, 0.5) is 5.69 Å². The second kappa shape index (κ2) is 9.22. The van der Waals surface area contributed by atoms with Gasteiger partial charge in [-0.3, -0.25) is 14.4 Å². The molecule has 3 aromatic rings. The molecule has 0 aliphatic carbocycles. The zero-order valence-corrected chi connectivity index (χ0v) is 15.5. The van der Waals surface area contributed by atoms with E-state index in [1.165, 1.54) is 18.1 Å². The van der Waals surface area contributed by atoms with Crippen molar-refractivity contribution in [3.8, 4) is 5.69 Å². The molecule has 0 fully saturated rings. The number of nitrogens with zero attached hydrogens (tertiary/aromatic N) is 4. The fourth-order valence-electron chi connectivity index (χ4n) is 2.47. The van der Waals surface area contributed by atoms with E-state index in [0.29, 0.717) is 11.3 Å². The number of aromatic nitrogens is 4. The van der Waals surface area contributed by atoms with Crippen LogP contribution in [0.2, 0.25) is 0 Å². The summed E-state index contributed by atoms with van der Waals surface area (Å²) in [6.45, 7) is -0.208. The zero-order chi connectivity index (χ0) is 20.6. The molecule has 0 aliphatic rings. The largest absolute Gasteiger partial charge is 0.468 e. The van der Waals surface area contributed by atoms with Crippen molar-refractivity contribution in [2.45, 2.75) is 6.42 Å². The highest BCUT2D eigenvalue weighted by Gasteiger charge is 2.09. The number of carbonyl (C=O) groups excluding carboxylic acids is 3. The van der Waals surface area contributed by atoms with Crippen LogP contribution in [0.25, 0.3) is 5.69 Å². The number of benzene rings is 2. The maximum atomic E-state index is 12.2. The van der Waals surface area contributed by atoms with E-state index in [-0.39, 0.29) is 18.9 Å². The third-order valence-electron chi connectivity index (χ3n) is 3.97. The van der Waals surface area contributed by atoms with Gasteiger partial charge in [-0.25, -0.2) is 4.68 Å². The molecule has 0 saturated carbocycles. The number of methoxy groups -OCH3 is 1. The second-order valence-corrected chi connectivity index (χ2v) is 5.98. The van der Waals surface area contributed by atoms with Crippen LogP contribution < -0.4 is 10.6 Å². The van der Waals surface area contributed by atoms with Gasteiger partial charge in [0.2, 0.25) is 5.91 Å². The maximum Gasteiger partial charge on any atom is 0.325 e. The summed E-state index contributed by atoms with van der Waals surface area (Å²) >= 11 is 0. The number of ether oxygens (including phenoxy) is 1. The van der Waals surface area contributed by atoms with Crippen LogP contribution in [-0.4, -0.2) is 51.6 Å². The van der Waals surface area contributed by atoms with E-state index in [0.717, 1.165) is 11.3 Å². The number of esters is 1. The van der Waals surface area contributed by atoms with Crippen molar-refractivity contribution in [3.63, 3.8) is 0 Å². The van der Waals surface area contributed by atoms with Crippen LogP contribution in [0.1, 0.15) is 15.9 Å². The summed E-state index contributed by atoms with van der Waals surface area (Å²) in [6.07, 6.45) is 1.68. The van der Waals surface area contributed by atoms with Gasteiger partial charge in [-0.05, 0) is 52.4 Å². The molecule has 3 rings (SSSR count). The molecule has 0 radical (unpaired) electrons. The normalized spacial score (nSPS) is 10.2. The number of hydrogen-bond acceptors (Lipinski definition) is 7. The van der Waals surface area contributed by atoms with Crippen molar-refractivity contribution >= 4 is 23.5 Å². The van der Waals surface area contributed by atoms with Gasteiger partial charge in [0.05, 0.1) is 19.2 Å². The minimum atomic E-state index is -0.534. The fraction of sp³-hybridized carbons (Fsp3) is 0.158. The Morgan fingerprint density at radius 1 is 1.03 bits per heavy atom. The lowest BCUT2D eigenvalue weighted by Crippen LogP contribution is -2.30. The predicted molar refractivity (Wildman–Crippen MR) is 102 cm³/mol. The van der Waals surface area contributed by atoms with Crippen LogP contribution in [0.15, 0.2) is 54.9 Å². The minimum Gasteiger partial charge on any atom is -0.468 e. The molecule has 0 unspecified atom stereocenters. The summed E-state index contributed by atoms with van der Waals surface area (Å²) < 4.78 is 5.98. The predicted octanol–water partition coefficient (Wildman–Crippen LogP) is 0.746. The molecule has 29 heavy (non-hydrogen) atoms. The number of amides is 2. The Labute approximate surface area is 165 Å². The average Bonchev–Trinajstić information content (AvgIpc) is 3.27. The molecule has 0 bridgehead atoms. The molecule has 2 N–H and O–H groups in total. The molecule has 0 aliphatic heterocycles. The van der Waals surface area contributed by atoms with E-state index in [1.807, 2.05) is 24.3 Å². The molecule has 10 nitrogen and oxygen atoms in total. The standard InChI is InChI=1S/C19H18N6O4/c1-29-18(27)11-20-19(28)14-4-6-15(7-5-14)22-17(26)10-13-2-8-16(9-3-13)25-12-21-23-24-25/h2-9,12H,10-11H2,1H3,(H,20,28)(H,22,26). The Bertz CT molecular complexity index is 985. The van der Waals surface area contributed by atoms with E-state index in [2.05, 4.69) is 30.9 Å².